The Morgan fingerprint density at radius 1 is 1.17 bits per heavy atom. The van der Waals surface area contributed by atoms with Gasteiger partial charge in [0.25, 0.3) is 5.91 Å². The van der Waals surface area contributed by atoms with Crippen LogP contribution in [0.2, 0.25) is 5.02 Å². The molecule has 1 aliphatic rings. The Labute approximate surface area is 177 Å². The molecule has 0 atom stereocenters. The number of nitrogens with zero attached hydrogens (tertiary/aromatic N) is 1. The SMILES string of the molecule is CCOC(=O)c1sc2c(c1Cl)CCN(C(=O)c1ccc(N)cc1)c1ccccc1-2. The normalized spacial score (nSPS) is 12.7. The lowest BCUT2D eigenvalue weighted by atomic mass is 10.1. The van der Waals surface area contributed by atoms with E-state index in [0.29, 0.717) is 34.1 Å². The van der Waals surface area contributed by atoms with Gasteiger partial charge in [-0.2, -0.15) is 0 Å². The fourth-order valence-electron chi connectivity index (χ4n) is 3.45. The summed E-state index contributed by atoms with van der Waals surface area (Å²) in [4.78, 5) is 28.6. The second kappa shape index (κ2) is 7.89. The zero-order valence-corrected chi connectivity index (χ0v) is 17.3. The Kier molecular flexibility index (Phi) is 5.30. The van der Waals surface area contributed by atoms with Crippen LogP contribution in [-0.2, 0) is 11.2 Å². The molecular weight excluding hydrogens is 408 g/mol. The van der Waals surface area contributed by atoms with Crippen LogP contribution in [0.4, 0.5) is 11.4 Å². The Hall–Kier alpha value is -2.83. The number of ether oxygens (including phenoxy) is 1. The maximum atomic E-state index is 13.2. The Balaban J connectivity index is 1.79. The van der Waals surface area contributed by atoms with Crippen molar-refractivity contribution in [3.8, 4) is 10.4 Å². The largest absolute Gasteiger partial charge is 0.462 e. The number of para-hydroxylation sites is 1. The summed E-state index contributed by atoms with van der Waals surface area (Å²) in [7, 11) is 0. The second-order valence-corrected chi connectivity index (χ2v) is 8.02. The Bertz CT molecular complexity index is 1090. The molecule has 2 aromatic carbocycles. The third-order valence-electron chi connectivity index (χ3n) is 4.83. The number of esters is 1. The molecule has 0 spiro atoms. The first-order valence-electron chi connectivity index (χ1n) is 9.26. The summed E-state index contributed by atoms with van der Waals surface area (Å²) in [6.45, 7) is 2.50. The van der Waals surface area contributed by atoms with Crippen molar-refractivity contribution in [2.45, 2.75) is 13.3 Å². The van der Waals surface area contributed by atoms with Gasteiger partial charge < -0.3 is 15.4 Å². The lowest BCUT2D eigenvalue weighted by molar-refractivity contribution is 0.0532. The van der Waals surface area contributed by atoms with Gasteiger partial charge in [0.2, 0.25) is 0 Å². The maximum absolute atomic E-state index is 13.2. The number of carbonyl (C=O) groups excluding carboxylic acids is 2. The number of anilines is 2. The van der Waals surface area contributed by atoms with E-state index in [1.807, 2.05) is 24.3 Å². The lowest BCUT2D eigenvalue weighted by Crippen LogP contribution is -2.32. The van der Waals surface area contributed by atoms with Gasteiger partial charge >= 0.3 is 5.97 Å². The Morgan fingerprint density at radius 3 is 2.62 bits per heavy atom. The van der Waals surface area contributed by atoms with E-state index in [0.717, 1.165) is 21.7 Å². The molecule has 7 heteroatoms. The predicted molar refractivity (Wildman–Crippen MR) is 117 cm³/mol. The standard InChI is InChI=1S/C22H19ClN2O3S/c1-2-28-22(27)20-18(23)16-11-12-25(21(26)13-7-9-14(24)10-8-13)17-6-4-3-5-15(17)19(16)29-20/h3-10H,2,11-12,24H2,1H3. The Morgan fingerprint density at radius 2 is 1.90 bits per heavy atom. The highest BCUT2D eigenvalue weighted by atomic mass is 35.5. The van der Waals surface area contributed by atoms with Gasteiger partial charge in [-0.05, 0) is 49.2 Å². The zero-order chi connectivity index (χ0) is 20.5. The highest BCUT2D eigenvalue weighted by Gasteiger charge is 2.30. The second-order valence-electron chi connectivity index (χ2n) is 6.62. The summed E-state index contributed by atoms with van der Waals surface area (Å²) in [5.74, 6) is -0.516. The average Bonchev–Trinajstić information content (AvgIpc) is 2.96. The fourth-order valence-corrected chi connectivity index (χ4v) is 5.06. The van der Waals surface area contributed by atoms with Gasteiger partial charge in [0.05, 0.1) is 17.3 Å². The summed E-state index contributed by atoms with van der Waals surface area (Å²) in [6, 6.07) is 14.6. The monoisotopic (exact) mass is 426 g/mol. The number of rotatable bonds is 3. The van der Waals surface area contributed by atoms with E-state index >= 15 is 0 Å². The predicted octanol–water partition coefficient (Wildman–Crippen LogP) is 5.03. The van der Waals surface area contributed by atoms with Gasteiger partial charge in [-0.15, -0.1) is 11.3 Å². The van der Waals surface area contributed by atoms with Crippen molar-refractivity contribution in [1.29, 1.82) is 0 Å². The number of amides is 1. The summed E-state index contributed by atoms with van der Waals surface area (Å²) in [5.41, 5.74) is 9.48. The number of hydrogen-bond acceptors (Lipinski definition) is 5. The van der Waals surface area contributed by atoms with Crippen LogP contribution in [0.1, 0.15) is 32.5 Å². The van der Waals surface area contributed by atoms with E-state index in [1.165, 1.54) is 11.3 Å². The van der Waals surface area contributed by atoms with E-state index in [1.54, 1.807) is 36.1 Å². The van der Waals surface area contributed by atoms with Gasteiger partial charge in [0.1, 0.15) is 4.88 Å². The quantitative estimate of drug-likeness (QED) is 0.471. The van der Waals surface area contributed by atoms with Crippen molar-refractivity contribution in [3.63, 3.8) is 0 Å². The van der Waals surface area contributed by atoms with Crippen LogP contribution < -0.4 is 10.6 Å². The van der Waals surface area contributed by atoms with Gasteiger partial charge in [-0.3, -0.25) is 4.79 Å². The smallest absolute Gasteiger partial charge is 0.349 e. The number of hydrogen-bond donors (Lipinski definition) is 1. The van der Waals surface area contributed by atoms with Gasteiger partial charge in [-0.1, -0.05) is 29.8 Å². The van der Waals surface area contributed by atoms with Crippen molar-refractivity contribution in [1.82, 2.24) is 0 Å². The summed E-state index contributed by atoms with van der Waals surface area (Å²) in [6.07, 6.45) is 0.541. The molecule has 2 heterocycles. The first-order valence-corrected chi connectivity index (χ1v) is 10.5. The van der Waals surface area contributed by atoms with Gasteiger partial charge in [0.15, 0.2) is 0 Å². The van der Waals surface area contributed by atoms with E-state index in [2.05, 4.69) is 0 Å². The molecule has 0 saturated carbocycles. The van der Waals surface area contributed by atoms with Crippen LogP contribution in [0.25, 0.3) is 10.4 Å². The number of nitrogen functional groups attached to an aromatic ring is 1. The summed E-state index contributed by atoms with van der Waals surface area (Å²) in [5, 5.41) is 0.417. The molecule has 4 rings (SSSR count). The van der Waals surface area contributed by atoms with Crippen molar-refractivity contribution in [2.75, 3.05) is 23.8 Å². The molecule has 5 nitrogen and oxygen atoms in total. The third-order valence-corrected chi connectivity index (χ3v) is 6.61. The van der Waals surface area contributed by atoms with Crippen molar-refractivity contribution in [2.24, 2.45) is 0 Å². The van der Waals surface area contributed by atoms with Crippen molar-refractivity contribution < 1.29 is 14.3 Å². The van der Waals surface area contributed by atoms with Crippen LogP contribution in [0.5, 0.6) is 0 Å². The van der Waals surface area contributed by atoms with Gasteiger partial charge in [-0.25, -0.2) is 4.79 Å². The zero-order valence-electron chi connectivity index (χ0n) is 15.8. The fraction of sp³-hybridized carbons (Fsp3) is 0.182. The molecular formula is C22H19ClN2O3S. The molecule has 1 aliphatic heterocycles. The van der Waals surface area contributed by atoms with Crippen LogP contribution >= 0.6 is 22.9 Å². The molecule has 0 bridgehead atoms. The molecule has 0 aliphatic carbocycles. The number of benzene rings is 2. The van der Waals surface area contributed by atoms with E-state index in [4.69, 9.17) is 22.1 Å². The molecule has 3 aromatic rings. The minimum atomic E-state index is -0.414. The van der Waals surface area contributed by atoms with Crippen LogP contribution in [0.15, 0.2) is 48.5 Å². The molecule has 148 valence electrons. The molecule has 1 aromatic heterocycles. The van der Waals surface area contributed by atoms with Crippen LogP contribution in [-0.4, -0.2) is 25.0 Å². The molecule has 0 unspecified atom stereocenters. The highest BCUT2D eigenvalue weighted by molar-refractivity contribution is 7.18. The summed E-state index contributed by atoms with van der Waals surface area (Å²) < 4.78 is 5.14. The van der Waals surface area contributed by atoms with Crippen LogP contribution in [0.3, 0.4) is 0 Å². The number of carbonyl (C=O) groups is 2. The number of fused-ring (bicyclic) bond motifs is 3. The number of nitrogens with two attached hydrogens (primary N) is 1. The van der Waals surface area contributed by atoms with Crippen LogP contribution in [0, 0.1) is 0 Å². The molecule has 0 radical (unpaired) electrons. The topological polar surface area (TPSA) is 72.6 Å². The molecule has 0 saturated heterocycles. The van der Waals surface area contributed by atoms with E-state index in [-0.39, 0.29) is 12.5 Å². The first-order chi connectivity index (χ1) is 14.0. The third kappa shape index (κ3) is 3.50. The highest BCUT2D eigenvalue weighted by Crippen LogP contribution is 2.46. The number of halogens is 1. The van der Waals surface area contributed by atoms with Crippen molar-refractivity contribution in [3.05, 3.63) is 69.6 Å². The van der Waals surface area contributed by atoms with E-state index < -0.39 is 5.97 Å². The molecule has 29 heavy (non-hydrogen) atoms. The maximum Gasteiger partial charge on any atom is 0.349 e. The number of thiophene rings is 1. The van der Waals surface area contributed by atoms with E-state index in [9.17, 15) is 9.59 Å². The molecule has 0 fully saturated rings. The minimum absolute atomic E-state index is 0.102. The van der Waals surface area contributed by atoms with Gasteiger partial charge in [0, 0.05) is 28.2 Å². The lowest BCUT2D eigenvalue weighted by Gasteiger charge is -2.23. The molecule has 2 N–H and O–H groups in total. The minimum Gasteiger partial charge on any atom is -0.462 e. The van der Waals surface area contributed by atoms with Crippen molar-refractivity contribution >= 4 is 46.2 Å². The average molecular weight is 427 g/mol. The summed E-state index contributed by atoms with van der Waals surface area (Å²) >= 11 is 7.88. The molecule has 1 amide bonds. The first kappa shape index (κ1) is 19.5.